The molecule has 0 aliphatic carbocycles. The summed E-state index contributed by atoms with van der Waals surface area (Å²) in [6.07, 6.45) is 0. The van der Waals surface area contributed by atoms with Crippen molar-refractivity contribution < 1.29 is 18.8 Å². The summed E-state index contributed by atoms with van der Waals surface area (Å²) < 4.78 is 15.1. The lowest BCUT2D eigenvalue weighted by Gasteiger charge is -2.06. The number of carbonyl (C=O) groups excluding carboxylic acids is 1. The number of hydrogen-bond acceptors (Lipinski definition) is 7. The van der Waals surface area contributed by atoms with Gasteiger partial charge in [-0.25, -0.2) is 4.79 Å². The zero-order valence-corrected chi connectivity index (χ0v) is 13.1. The summed E-state index contributed by atoms with van der Waals surface area (Å²) >= 11 is 0. The van der Waals surface area contributed by atoms with Gasteiger partial charge >= 0.3 is 12.0 Å². The maximum absolute atomic E-state index is 11.8. The van der Waals surface area contributed by atoms with E-state index in [1.54, 1.807) is 31.4 Å². The van der Waals surface area contributed by atoms with Crippen molar-refractivity contribution in [3.63, 3.8) is 0 Å². The molecule has 3 rings (SSSR count). The predicted molar refractivity (Wildman–Crippen MR) is 87.4 cm³/mol. The number of nitrogens with zero attached hydrogens (tertiary/aromatic N) is 2. The average molecular weight is 325 g/mol. The smallest absolute Gasteiger partial charge is 0.339 e. The molecule has 0 amide bonds. The van der Waals surface area contributed by atoms with E-state index in [9.17, 15) is 4.79 Å². The van der Waals surface area contributed by atoms with Crippen molar-refractivity contribution in [2.75, 3.05) is 19.5 Å². The molecule has 122 valence electrons. The normalized spacial score (nSPS) is 10.2. The van der Waals surface area contributed by atoms with Gasteiger partial charge in [0, 0.05) is 5.56 Å². The summed E-state index contributed by atoms with van der Waals surface area (Å²) in [6.45, 7) is 0. The van der Waals surface area contributed by atoms with Gasteiger partial charge in [-0.3, -0.25) is 0 Å². The lowest BCUT2D eigenvalue weighted by atomic mass is 10.2. The number of esters is 1. The fourth-order valence-electron chi connectivity index (χ4n) is 2.13. The molecule has 0 atom stereocenters. The standard InChI is InChI=1S/C17H15N3O4/c1-22-12-9-7-11(8-10-12)15-19-17(24-20-15)18-14-6-4-3-5-13(14)16(21)23-2/h3-10H,1-2H3,(H,18,19,20). The summed E-state index contributed by atoms with van der Waals surface area (Å²) in [6, 6.07) is 14.4. The molecule has 0 fully saturated rings. The Balaban J connectivity index is 1.83. The molecule has 0 bridgehead atoms. The van der Waals surface area contributed by atoms with Crippen LogP contribution in [0.2, 0.25) is 0 Å². The van der Waals surface area contributed by atoms with Crippen LogP contribution in [0.3, 0.4) is 0 Å². The molecule has 0 saturated carbocycles. The van der Waals surface area contributed by atoms with Crippen molar-refractivity contribution in [1.29, 1.82) is 0 Å². The van der Waals surface area contributed by atoms with Gasteiger partial charge in [0.2, 0.25) is 5.82 Å². The van der Waals surface area contributed by atoms with Crippen LogP contribution in [-0.2, 0) is 4.74 Å². The van der Waals surface area contributed by atoms with Gasteiger partial charge < -0.3 is 19.3 Å². The van der Waals surface area contributed by atoms with Crippen LogP contribution in [0.5, 0.6) is 5.75 Å². The van der Waals surface area contributed by atoms with E-state index in [1.165, 1.54) is 7.11 Å². The van der Waals surface area contributed by atoms with Crippen molar-refractivity contribution in [2.45, 2.75) is 0 Å². The van der Waals surface area contributed by atoms with Gasteiger partial charge in [0.1, 0.15) is 5.75 Å². The van der Waals surface area contributed by atoms with E-state index >= 15 is 0 Å². The van der Waals surface area contributed by atoms with Gasteiger partial charge in [0.25, 0.3) is 0 Å². The van der Waals surface area contributed by atoms with Gasteiger partial charge in [0.15, 0.2) is 0 Å². The molecule has 1 aromatic heterocycles. The Hall–Kier alpha value is -3.35. The largest absolute Gasteiger partial charge is 0.497 e. The Morgan fingerprint density at radius 1 is 1.08 bits per heavy atom. The second kappa shape index (κ2) is 6.82. The minimum atomic E-state index is -0.451. The van der Waals surface area contributed by atoms with Crippen LogP contribution in [-0.4, -0.2) is 30.3 Å². The number of carbonyl (C=O) groups is 1. The molecule has 0 radical (unpaired) electrons. The first-order valence-electron chi connectivity index (χ1n) is 7.14. The summed E-state index contributed by atoms with van der Waals surface area (Å²) in [5, 5.41) is 6.86. The fourth-order valence-corrected chi connectivity index (χ4v) is 2.13. The number of ether oxygens (including phenoxy) is 2. The molecular weight excluding hydrogens is 310 g/mol. The highest BCUT2D eigenvalue weighted by molar-refractivity contribution is 5.96. The minimum Gasteiger partial charge on any atom is -0.497 e. The van der Waals surface area contributed by atoms with Gasteiger partial charge in [-0.05, 0) is 36.4 Å². The lowest BCUT2D eigenvalue weighted by molar-refractivity contribution is 0.0602. The fraction of sp³-hybridized carbons (Fsp3) is 0.118. The summed E-state index contributed by atoms with van der Waals surface area (Å²) in [5.41, 5.74) is 1.69. The first kappa shape index (κ1) is 15.5. The third kappa shape index (κ3) is 3.19. The second-order valence-electron chi connectivity index (χ2n) is 4.81. The number of hydrogen-bond donors (Lipinski definition) is 1. The number of benzene rings is 2. The van der Waals surface area contributed by atoms with Crippen molar-refractivity contribution in [2.24, 2.45) is 0 Å². The van der Waals surface area contributed by atoms with E-state index in [0.717, 1.165) is 11.3 Å². The van der Waals surface area contributed by atoms with Crippen molar-refractivity contribution in [3.8, 4) is 17.1 Å². The molecule has 7 heteroatoms. The monoisotopic (exact) mass is 325 g/mol. The topological polar surface area (TPSA) is 86.5 Å². The zero-order chi connectivity index (χ0) is 16.9. The maximum Gasteiger partial charge on any atom is 0.339 e. The van der Waals surface area contributed by atoms with Crippen molar-refractivity contribution in [3.05, 3.63) is 54.1 Å². The average Bonchev–Trinajstić information content (AvgIpc) is 3.10. The summed E-state index contributed by atoms with van der Waals surface area (Å²) in [5.74, 6) is 0.719. The number of anilines is 2. The first-order chi connectivity index (χ1) is 11.7. The lowest BCUT2D eigenvalue weighted by Crippen LogP contribution is -2.05. The van der Waals surface area contributed by atoms with Gasteiger partial charge in [0.05, 0.1) is 25.5 Å². The molecule has 2 aromatic carbocycles. The molecule has 0 aliphatic heterocycles. The quantitative estimate of drug-likeness (QED) is 0.720. The van der Waals surface area contributed by atoms with E-state index in [0.29, 0.717) is 17.1 Å². The zero-order valence-electron chi connectivity index (χ0n) is 13.1. The van der Waals surface area contributed by atoms with Gasteiger partial charge in [-0.1, -0.05) is 17.3 Å². The van der Waals surface area contributed by atoms with Crippen LogP contribution < -0.4 is 10.1 Å². The molecule has 3 aromatic rings. The predicted octanol–water partition coefficient (Wildman–Crippen LogP) is 3.28. The Bertz CT molecular complexity index is 843. The number of nitrogens with one attached hydrogen (secondary N) is 1. The molecule has 0 spiro atoms. The molecule has 1 heterocycles. The summed E-state index contributed by atoms with van der Waals surface area (Å²) in [4.78, 5) is 16.0. The number of aromatic nitrogens is 2. The van der Waals surface area contributed by atoms with E-state index in [1.807, 2.05) is 24.3 Å². The first-order valence-corrected chi connectivity index (χ1v) is 7.14. The second-order valence-corrected chi connectivity index (χ2v) is 4.81. The number of para-hydroxylation sites is 1. The molecule has 0 aliphatic rings. The van der Waals surface area contributed by atoms with Crippen LogP contribution in [0.1, 0.15) is 10.4 Å². The van der Waals surface area contributed by atoms with Crippen LogP contribution in [0.25, 0.3) is 11.4 Å². The highest BCUT2D eigenvalue weighted by Gasteiger charge is 2.14. The van der Waals surface area contributed by atoms with E-state index in [-0.39, 0.29) is 6.01 Å². The molecular formula is C17H15N3O4. The van der Waals surface area contributed by atoms with Crippen LogP contribution in [0, 0.1) is 0 Å². The molecule has 7 nitrogen and oxygen atoms in total. The molecule has 1 N–H and O–H groups in total. The number of methoxy groups -OCH3 is 2. The highest BCUT2D eigenvalue weighted by Crippen LogP contribution is 2.24. The van der Waals surface area contributed by atoms with Crippen LogP contribution in [0.4, 0.5) is 11.7 Å². The molecule has 24 heavy (non-hydrogen) atoms. The van der Waals surface area contributed by atoms with Gasteiger partial charge in [-0.15, -0.1) is 0 Å². The maximum atomic E-state index is 11.8. The third-order valence-corrected chi connectivity index (χ3v) is 3.35. The van der Waals surface area contributed by atoms with Crippen LogP contribution >= 0.6 is 0 Å². The van der Waals surface area contributed by atoms with E-state index < -0.39 is 5.97 Å². The van der Waals surface area contributed by atoms with Gasteiger partial charge in [-0.2, -0.15) is 4.98 Å². The van der Waals surface area contributed by atoms with E-state index in [4.69, 9.17) is 14.0 Å². The Morgan fingerprint density at radius 2 is 1.83 bits per heavy atom. The highest BCUT2D eigenvalue weighted by atomic mass is 16.5. The van der Waals surface area contributed by atoms with Crippen molar-refractivity contribution in [1.82, 2.24) is 10.1 Å². The van der Waals surface area contributed by atoms with Crippen molar-refractivity contribution >= 4 is 17.7 Å². The van der Waals surface area contributed by atoms with E-state index in [2.05, 4.69) is 15.5 Å². The Kier molecular flexibility index (Phi) is 4.42. The SMILES string of the molecule is COC(=O)c1ccccc1Nc1nc(-c2ccc(OC)cc2)no1. The Labute approximate surface area is 138 Å². The Morgan fingerprint density at radius 3 is 2.54 bits per heavy atom. The minimum absolute atomic E-state index is 0.178. The van der Waals surface area contributed by atoms with Crippen LogP contribution in [0.15, 0.2) is 53.1 Å². The molecule has 0 unspecified atom stereocenters. The molecule has 0 saturated heterocycles. The summed E-state index contributed by atoms with van der Waals surface area (Å²) in [7, 11) is 2.93. The number of rotatable bonds is 5. The third-order valence-electron chi connectivity index (χ3n) is 3.35.